The van der Waals surface area contributed by atoms with Gasteiger partial charge in [0.2, 0.25) is 0 Å². The Labute approximate surface area is 66.0 Å². The van der Waals surface area contributed by atoms with E-state index in [9.17, 15) is 40.2 Å². The highest BCUT2D eigenvalue weighted by Gasteiger charge is 2.76. The molecule has 0 aromatic carbocycles. The largest absolute Gasteiger partial charge is 0.460 e. The van der Waals surface area contributed by atoms with E-state index in [2.05, 4.69) is 0 Å². The average Bonchev–Trinajstić information content (AvgIpc) is 1.84. The van der Waals surface area contributed by atoms with E-state index in [1.807, 2.05) is 0 Å². The van der Waals surface area contributed by atoms with Gasteiger partial charge in [0.1, 0.15) is 0 Å². The van der Waals surface area contributed by atoms with Gasteiger partial charge in [-0.2, -0.15) is 35.8 Å². The van der Waals surface area contributed by atoms with Crippen LogP contribution in [0.4, 0.5) is 35.1 Å². The van der Waals surface area contributed by atoms with Crippen molar-refractivity contribution >= 4 is 0 Å². The highest BCUT2D eigenvalue weighted by Crippen LogP contribution is 2.48. The number of alkyl halides is 8. The van der Waals surface area contributed by atoms with Crippen LogP contribution < -0.4 is 0 Å². The maximum absolute atomic E-state index is 11.7. The van der Waals surface area contributed by atoms with Gasteiger partial charge in [-0.3, -0.25) is 0 Å². The van der Waals surface area contributed by atoms with Crippen molar-refractivity contribution in [1.82, 2.24) is 0 Å². The summed E-state index contributed by atoms with van der Waals surface area (Å²) in [6, 6.07) is 0. The third kappa shape index (κ3) is 1.84. The Bertz CT molecular complexity index is 181. The lowest BCUT2D eigenvalue weighted by atomic mass is 10.1. The van der Waals surface area contributed by atoms with E-state index >= 15 is 0 Å². The minimum Gasteiger partial charge on any atom is -0.206 e. The van der Waals surface area contributed by atoms with Crippen LogP contribution in [0.5, 0.6) is 0 Å². The van der Waals surface area contributed by atoms with Gasteiger partial charge in [-0.25, -0.2) is 4.39 Å². The lowest BCUT2D eigenvalue weighted by Gasteiger charge is -2.27. The molecule has 0 saturated heterocycles. The van der Waals surface area contributed by atoms with Crippen molar-refractivity contribution in [2.24, 2.45) is 0 Å². The Morgan fingerprint density at radius 2 is 1.15 bits per heavy atom. The molecule has 1 unspecified atom stereocenters. The van der Waals surface area contributed by atoms with Gasteiger partial charge in [-0.1, -0.05) is 0 Å². The minimum atomic E-state index is -6.67. The smallest absolute Gasteiger partial charge is 0.206 e. The Kier molecular flexibility index (Phi) is 2.83. The fourth-order valence-corrected chi connectivity index (χ4v) is 0.331. The van der Waals surface area contributed by atoms with Crippen LogP contribution in [-0.4, -0.2) is 24.4 Å². The van der Waals surface area contributed by atoms with Gasteiger partial charge >= 0.3 is 24.4 Å². The number of hydrogen-bond acceptors (Lipinski definition) is 0. The Morgan fingerprint density at radius 3 is 1.23 bits per heavy atom. The molecule has 0 amide bonds. The summed E-state index contributed by atoms with van der Waals surface area (Å²) in [4.78, 5) is 0. The van der Waals surface area contributed by atoms with Crippen LogP contribution in [0.1, 0.15) is 0 Å². The van der Waals surface area contributed by atoms with E-state index in [0.717, 1.165) is 0 Å². The molecule has 0 heterocycles. The van der Waals surface area contributed by atoms with Crippen molar-refractivity contribution in [2.45, 2.75) is 24.4 Å². The average molecular weight is 217 g/mol. The van der Waals surface area contributed by atoms with Crippen molar-refractivity contribution in [3.63, 3.8) is 0 Å². The van der Waals surface area contributed by atoms with Crippen LogP contribution in [0.2, 0.25) is 0 Å². The maximum atomic E-state index is 11.7. The molecule has 0 fully saturated rings. The summed E-state index contributed by atoms with van der Waals surface area (Å²) >= 11 is 0. The topological polar surface area (TPSA) is 19.9 Å². The van der Waals surface area contributed by atoms with Crippen LogP contribution in [0, 0.1) is 0 Å². The van der Waals surface area contributed by atoms with E-state index in [1.165, 1.54) is 0 Å². The Morgan fingerprint density at radius 1 is 0.846 bits per heavy atom. The van der Waals surface area contributed by atoms with Gasteiger partial charge in [-0.05, 0) is 0 Å². The van der Waals surface area contributed by atoms with Crippen LogP contribution in [0.15, 0.2) is 0 Å². The maximum Gasteiger partial charge on any atom is 0.460 e. The first-order chi connectivity index (χ1) is 5.44. The first kappa shape index (κ1) is 12.4. The summed E-state index contributed by atoms with van der Waals surface area (Å²) in [7, 11) is 0. The highest BCUT2D eigenvalue weighted by atomic mass is 19.4. The summed E-state index contributed by atoms with van der Waals surface area (Å²) in [5.74, 6) is -13.0. The van der Waals surface area contributed by atoms with Crippen LogP contribution in [0.3, 0.4) is 0 Å². The van der Waals surface area contributed by atoms with Crippen molar-refractivity contribution in [3.05, 3.63) is 0 Å². The molecule has 0 spiro atoms. The van der Waals surface area contributed by atoms with Crippen molar-refractivity contribution in [1.29, 1.82) is 0 Å². The van der Waals surface area contributed by atoms with E-state index < -0.39 is 24.4 Å². The molecule has 1 radical (unpaired) electrons. The van der Waals surface area contributed by atoms with Crippen LogP contribution in [0.25, 0.3) is 0 Å². The molecule has 13 heavy (non-hydrogen) atoms. The van der Waals surface area contributed by atoms with Gasteiger partial charge < -0.3 is 0 Å². The number of halogens is 8. The second-order valence-electron chi connectivity index (χ2n) is 2.01. The fraction of sp³-hybridized carbons (Fsp3) is 1.00. The summed E-state index contributed by atoms with van der Waals surface area (Å²) in [6.07, 6.45) is -11.5. The molecule has 0 saturated carbocycles. The summed E-state index contributed by atoms with van der Waals surface area (Å²) < 4.78 is 91.3. The third-order valence-corrected chi connectivity index (χ3v) is 1.06. The van der Waals surface area contributed by atoms with E-state index in [4.69, 9.17) is 0 Å². The van der Waals surface area contributed by atoms with Crippen LogP contribution >= 0.6 is 0 Å². The third-order valence-electron chi connectivity index (χ3n) is 1.06. The molecule has 0 aromatic rings. The lowest BCUT2D eigenvalue weighted by molar-refractivity contribution is -0.388. The molecule has 1 nitrogen and oxygen atoms in total. The van der Waals surface area contributed by atoms with Gasteiger partial charge in [-0.15, -0.1) is 0 Å². The van der Waals surface area contributed by atoms with Crippen molar-refractivity contribution in [3.8, 4) is 0 Å². The molecular weight excluding hydrogens is 216 g/mol. The monoisotopic (exact) mass is 217 g/mol. The standard InChI is InChI=1S/C4HF8O/c5-1(13)2(6,7)3(8,9)4(10,11)12/h1H. The van der Waals surface area contributed by atoms with Crippen molar-refractivity contribution < 1.29 is 40.2 Å². The molecule has 0 aliphatic rings. The quantitative estimate of drug-likeness (QED) is 0.633. The minimum absolute atomic E-state index is 4.83. The van der Waals surface area contributed by atoms with E-state index in [0.29, 0.717) is 0 Å². The first-order valence-corrected chi connectivity index (χ1v) is 2.57. The normalized spacial score (nSPS) is 17.3. The number of hydrogen-bond donors (Lipinski definition) is 0. The SMILES string of the molecule is [O]C(F)C(F)(F)C(F)(F)C(F)(F)F. The van der Waals surface area contributed by atoms with Gasteiger partial charge in [0.05, 0.1) is 0 Å². The molecule has 0 N–H and O–H groups in total. The molecule has 0 rings (SSSR count). The molecule has 9 heteroatoms. The highest BCUT2D eigenvalue weighted by molar-refractivity contribution is 4.92. The van der Waals surface area contributed by atoms with E-state index in [-0.39, 0.29) is 0 Å². The zero-order valence-electron chi connectivity index (χ0n) is 5.51. The zero-order chi connectivity index (χ0) is 11.1. The molecule has 0 aliphatic carbocycles. The Balaban J connectivity index is 5.04. The van der Waals surface area contributed by atoms with E-state index in [1.54, 1.807) is 0 Å². The lowest BCUT2D eigenvalue weighted by Crippen LogP contribution is -2.56. The predicted molar refractivity (Wildman–Crippen MR) is 21.5 cm³/mol. The first-order valence-electron chi connectivity index (χ1n) is 2.57. The predicted octanol–water partition coefficient (Wildman–Crippen LogP) is 2.55. The van der Waals surface area contributed by atoms with Gasteiger partial charge in [0.25, 0.3) is 0 Å². The molecule has 79 valence electrons. The molecule has 0 aromatic heterocycles. The summed E-state index contributed by atoms with van der Waals surface area (Å²) in [5.41, 5.74) is 0. The second kappa shape index (κ2) is 2.96. The molecular formula is C4HF8O. The van der Waals surface area contributed by atoms with Crippen LogP contribution in [-0.2, 0) is 5.11 Å². The van der Waals surface area contributed by atoms with Gasteiger partial charge in [0.15, 0.2) is 0 Å². The Hall–Kier alpha value is -0.600. The molecule has 0 bridgehead atoms. The van der Waals surface area contributed by atoms with Crippen molar-refractivity contribution in [2.75, 3.05) is 0 Å². The number of rotatable bonds is 2. The zero-order valence-corrected chi connectivity index (χ0v) is 5.51. The summed E-state index contributed by atoms with van der Waals surface area (Å²) in [6.45, 7) is 0. The second-order valence-corrected chi connectivity index (χ2v) is 2.01. The molecule has 1 atom stereocenters. The molecule has 0 aliphatic heterocycles. The fourth-order valence-electron chi connectivity index (χ4n) is 0.331. The van der Waals surface area contributed by atoms with Gasteiger partial charge in [0, 0.05) is 0 Å². The summed E-state index contributed by atoms with van der Waals surface area (Å²) in [5, 5.41) is 9.25.